The molecule has 0 aliphatic rings. The quantitative estimate of drug-likeness (QED) is 0.237. The molecule has 0 saturated heterocycles. The van der Waals surface area contributed by atoms with Gasteiger partial charge in [-0.3, -0.25) is 14.5 Å². The number of carbonyl (C=O) groups excluding carboxylic acids is 3. The lowest BCUT2D eigenvalue weighted by Gasteiger charge is -2.30. The molecule has 0 aliphatic carbocycles. The maximum Gasteiger partial charge on any atom is 0.408 e. The third-order valence-electron chi connectivity index (χ3n) is 5.09. The number of para-hydroxylation sites is 2. The Hall–Kier alpha value is -3.35. The SMILES string of the molecule is C#CN(C(=O)C(CS)NC(=O)OC(C)(C)C)C(C(=O)Nc1c(C)cccc1Cl)c1cccc(C)c1O. The van der Waals surface area contributed by atoms with Crippen LogP contribution < -0.4 is 10.6 Å². The van der Waals surface area contributed by atoms with E-state index in [0.717, 1.165) is 4.90 Å². The Labute approximate surface area is 221 Å². The minimum Gasteiger partial charge on any atom is -0.507 e. The number of ether oxygens (including phenoxy) is 1. The van der Waals surface area contributed by atoms with Crippen LogP contribution in [-0.2, 0) is 14.3 Å². The van der Waals surface area contributed by atoms with Gasteiger partial charge in [0.05, 0.1) is 10.7 Å². The van der Waals surface area contributed by atoms with Gasteiger partial charge in [0.25, 0.3) is 11.8 Å². The number of rotatable bonds is 7. The standard InChI is InChI=1S/C26H30ClN3O5S/c1-7-30(24(33)19(14-36)28-25(34)35-26(4,5)6)21(17-12-8-11-16(3)22(17)31)23(32)29-20-15(2)10-9-13-18(20)27/h1,8-13,19,21,31,36H,14H2,2-6H3,(H,28,34)(H,29,32). The summed E-state index contributed by atoms with van der Waals surface area (Å²) in [5, 5.41) is 16.2. The van der Waals surface area contributed by atoms with Crippen LogP contribution in [0, 0.1) is 26.3 Å². The zero-order valence-corrected chi connectivity index (χ0v) is 22.4. The molecule has 3 N–H and O–H groups in total. The molecule has 0 aromatic heterocycles. The fourth-order valence-electron chi connectivity index (χ4n) is 3.35. The number of nitrogens with one attached hydrogen (secondary N) is 2. The Bertz CT molecular complexity index is 1170. The predicted octanol–water partition coefficient (Wildman–Crippen LogP) is 4.58. The van der Waals surface area contributed by atoms with E-state index in [-0.39, 0.29) is 22.1 Å². The van der Waals surface area contributed by atoms with Crippen LogP contribution in [0.4, 0.5) is 10.5 Å². The van der Waals surface area contributed by atoms with Crippen LogP contribution in [0.15, 0.2) is 36.4 Å². The number of phenolic OH excluding ortho intramolecular Hbond substituents is 1. The number of benzene rings is 2. The molecule has 10 heteroatoms. The van der Waals surface area contributed by atoms with Crippen LogP contribution in [0.2, 0.25) is 5.02 Å². The lowest BCUT2D eigenvalue weighted by atomic mass is 9.99. The van der Waals surface area contributed by atoms with E-state index in [2.05, 4.69) is 29.3 Å². The molecule has 0 heterocycles. The summed E-state index contributed by atoms with van der Waals surface area (Å²) in [5.74, 6) is -1.85. The van der Waals surface area contributed by atoms with Crippen molar-refractivity contribution in [3.8, 4) is 18.2 Å². The topological polar surface area (TPSA) is 108 Å². The number of phenols is 1. The number of halogens is 1. The molecule has 0 saturated carbocycles. The molecule has 0 spiro atoms. The van der Waals surface area contributed by atoms with E-state index in [0.29, 0.717) is 16.8 Å². The molecule has 192 valence electrons. The summed E-state index contributed by atoms with van der Waals surface area (Å²) in [7, 11) is 0. The molecule has 36 heavy (non-hydrogen) atoms. The first kappa shape index (κ1) is 28.9. The summed E-state index contributed by atoms with van der Waals surface area (Å²) in [6, 6.07) is 9.41. The van der Waals surface area contributed by atoms with Crippen LogP contribution >= 0.6 is 24.2 Å². The molecular formula is C26H30ClN3O5S. The zero-order valence-electron chi connectivity index (χ0n) is 20.8. The van der Waals surface area contributed by atoms with Gasteiger partial charge in [0.15, 0.2) is 6.04 Å². The van der Waals surface area contributed by atoms with Crippen LogP contribution in [0.25, 0.3) is 0 Å². The van der Waals surface area contributed by atoms with Crippen LogP contribution in [0.5, 0.6) is 5.75 Å². The van der Waals surface area contributed by atoms with Gasteiger partial charge in [-0.1, -0.05) is 48.4 Å². The van der Waals surface area contributed by atoms with E-state index in [9.17, 15) is 19.5 Å². The molecule has 0 fully saturated rings. The molecular weight excluding hydrogens is 502 g/mol. The zero-order chi connectivity index (χ0) is 27.2. The molecule has 3 amide bonds. The first-order valence-electron chi connectivity index (χ1n) is 11.0. The van der Waals surface area contributed by atoms with Gasteiger partial charge in [0, 0.05) is 17.4 Å². The third kappa shape index (κ3) is 7.09. The van der Waals surface area contributed by atoms with E-state index in [1.165, 1.54) is 6.07 Å². The second-order valence-electron chi connectivity index (χ2n) is 9.05. The molecule has 2 atom stereocenters. The van der Waals surface area contributed by atoms with Crippen LogP contribution in [0.3, 0.4) is 0 Å². The van der Waals surface area contributed by atoms with Gasteiger partial charge in [0.2, 0.25) is 0 Å². The van der Waals surface area contributed by atoms with Crippen molar-refractivity contribution < 1.29 is 24.2 Å². The largest absolute Gasteiger partial charge is 0.507 e. The number of alkyl carbamates (subject to hydrolysis) is 1. The van der Waals surface area contributed by atoms with Crippen LogP contribution in [0.1, 0.15) is 43.5 Å². The van der Waals surface area contributed by atoms with Crippen molar-refractivity contribution in [2.45, 2.75) is 52.3 Å². The highest BCUT2D eigenvalue weighted by Gasteiger charge is 2.37. The number of nitrogens with zero attached hydrogens (tertiary/aromatic N) is 1. The van der Waals surface area contributed by atoms with Crippen molar-refractivity contribution in [3.63, 3.8) is 0 Å². The van der Waals surface area contributed by atoms with E-state index < -0.39 is 35.6 Å². The van der Waals surface area contributed by atoms with Gasteiger partial charge >= 0.3 is 6.09 Å². The Morgan fingerprint density at radius 1 is 1.17 bits per heavy atom. The van der Waals surface area contributed by atoms with Crippen molar-refractivity contribution in [2.75, 3.05) is 11.1 Å². The maximum atomic E-state index is 13.6. The number of amides is 3. The second-order valence-corrected chi connectivity index (χ2v) is 9.83. The highest BCUT2D eigenvalue weighted by atomic mass is 35.5. The van der Waals surface area contributed by atoms with Gasteiger partial charge in [-0.25, -0.2) is 4.79 Å². The minimum absolute atomic E-state index is 0.0960. The highest BCUT2D eigenvalue weighted by molar-refractivity contribution is 7.80. The fraction of sp³-hybridized carbons (Fsp3) is 0.346. The lowest BCUT2D eigenvalue weighted by Crippen LogP contribution is -2.51. The van der Waals surface area contributed by atoms with Gasteiger partial charge < -0.3 is 20.5 Å². The van der Waals surface area contributed by atoms with E-state index in [1.807, 2.05) is 0 Å². The van der Waals surface area contributed by atoms with E-state index in [4.69, 9.17) is 22.8 Å². The molecule has 8 nitrogen and oxygen atoms in total. The van der Waals surface area contributed by atoms with Crippen LogP contribution in [-0.4, -0.2) is 45.3 Å². The summed E-state index contributed by atoms with van der Waals surface area (Å²) in [6.45, 7) is 8.43. The van der Waals surface area contributed by atoms with Crippen molar-refractivity contribution in [3.05, 3.63) is 58.1 Å². The molecule has 2 aromatic rings. The number of terminal acetylenes is 1. The number of hydrogen-bond donors (Lipinski definition) is 4. The summed E-state index contributed by atoms with van der Waals surface area (Å²) in [4.78, 5) is 40.2. The van der Waals surface area contributed by atoms with Gasteiger partial charge in [-0.15, -0.1) is 0 Å². The second kappa shape index (κ2) is 12.1. The maximum absolute atomic E-state index is 13.6. The number of thiol groups is 1. The normalized spacial score (nSPS) is 12.6. The predicted molar refractivity (Wildman–Crippen MR) is 143 cm³/mol. The molecule has 0 aliphatic heterocycles. The third-order valence-corrected chi connectivity index (χ3v) is 5.77. The Morgan fingerprint density at radius 2 is 1.78 bits per heavy atom. The molecule has 2 aromatic carbocycles. The van der Waals surface area contributed by atoms with Crippen molar-refractivity contribution in [1.82, 2.24) is 10.2 Å². The molecule has 0 radical (unpaired) electrons. The lowest BCUT2D eigenvalue weighted by molar-refractivity contribution is -0.136. The van der Waals surface area contributed by atoms with Crippen molar-refractivity contribution >= 4 is 47.8 Å². The number of aromatic hydroxyl groups is 1. The first-order valence-corrected chi connectivity index (χ1v) is 12.1. The summed E-state index contributed by atoms with van der Waals surface area (Å²) >= 11 is 10.5. The Kier molecular flexibility index (Phi) is 9.68. The van der Waals surface area contributed by atoms with Gasteiger partial charge in [-0.05, 0) is 51.8 Å². The number of anilines is 1. The Balaban J connectivity index is 2.51. The number of carbonyl (C=O) groups is 3. The smallest absolute Gasteiger partial charge is 0.408 e. The average molecular weight is 532 g/mol. The summed E-state index contributed by atoms with van der Waals surface area (Å²) < 4.78 is 5.23. The summed E-state index contributed by atoms with van der Waals surface area (Å²) in [5.41, 5.74) is 0.785. The monoisotopic (exact) mass is 531 g/mol. The number of hydrogen-bond acceptors (Lipinski definition) is 6. The molecule has 2 rings (SSSR count). The molecule has 0 bridgehead atoms. The summed E-state index contributed by atoms with van der Waals surface area (Å²) in [6.07, 6.45) is 4.87. The Morgan fingerprint density at radius 3 is 2.33 bits per heavy atom. The number of aryl methyl sites for hydroxylation is 2. The average Bonchev–Trinajstić information content (AvgIpc) is 2.78. The van der Waals surface area contributed by atoms with Crippen molar-refractivity contribution in [1.29, 1.82) is 0 Å². The van der Waals surface area contributed by atoms with Gasteiger partial charge in [-0.2, -0.15) is 12.6 Å². The highest BCUT2D eigenvalue weighted by Crippen LogP contribution is 2.34. The first-order chi connectivity index (χ1) is 16.8. The molecule has 2 unspecified atom stereocenters. The fourth-order valence-corrected chi connectivity index (χ4v) is 3.87. The van der Waals surface area contributed by atoms with Gasteiger partial charge in [0.1, 0.15) is 17.4 Å². The van der Waals surface area contributed by atoms with E-state index >= 15 is 0 Å². The van der Waals surface area contributed by atoms with E-state index in [1.54, 1.807) is 65.0 Å². The van der Waals surface area contributed by atoms with Crippen molar-refractivity contribution in [2.24, 2.45) is 0 Å². The minimum atomic E-state index is -1.46.